The van der Waals surface area contributed by atoms with E-state index in [-0.39, 0.29) is 23.8 Å². The summed E-state index contributed by atoms with van der Waals surface area (Å²) in [7, 11) is 0. The van der Waals surface area contributed by atoms with E-state index in [1.807, 2.05) is 41.3 Å². The van der Waals surface area contributed by atoms with E-state index in [4.69, 9.17) is 0 Å². The Bertz CT molecular complexity index is 800. The molecule has 2 aliphatic heterocycles. The Hall–Kier alpha value is -2.89. The number of amides is 3. The third-order valence-corrected chi connectivity index (χ3v) is 5.30. The van der Waals surface area contributed by atoms with Crippen LogP contribution in [-0.4, -0.2) is 34.9 Å². The van der Waals surface area contributed by atoms with E-state index in [1.54, 1.807) is 12.4 Å². The number of hydrogen-bond donors (Lipinski definition) is 2. The van der Waals surface area contributed by atoms with Crippen molar-refractivity contribution in [3.05, 3.63) is 59.9 Å². The summed E-state index contributed by atoms with van der Waals surface area (Å²) < 4.78 is 0. The minimum atomic E-state index is -0.0909. The van der Waals surface area contributed by atoms with Crippen LogP contribution in [0.5, 0.6) is 0 Å². The van der Waals surface area contributed by atoms with E-state index in [1.165, 1.54) is 0 Å². The second kappa shape index (κ2) is 7.15. The van der Waals surface area contributed by atoms with Crippen LogP contribution in [0.1, 0.15) is 29.9 Å². The molecule has 6 nitrogen and oxygen atoms in total. The molecule has 2 N–H and O–H groups in total. The largest absolute Gasteiger partial charge is 0.334 e. The molecule has 1 fully saturated rings. The molecule has 134 valence electrons. The highest BCUT2D eigenvalue weighted by molar-refractivity contribution is 6.03. The number of carbonyl (C=O) groups is 2. The molecule has 0 spiro atoms. The van der Waals surface area contributed by atoms with E-state index in [2.05, 4.69) is 15.6 Å². The first-order valence-electron chi connectivity index (χ1n) is 9.04. The summed E-state index contributed by atoms with van der Waals surface area (Å²) in [4.78, 5) is 30.7. The number of benzene rings is 1. The minimum Gasteiger partial charge on any atom is -0.334 e. The lowest BCUT2D eigenvalue weighted by atomic mass is 9.81. The number of para-hydroxylation sites is 1. The molecule has 0 saturated carbocycles. The number of fused-ring (bicyclic) bond motifs is 1. The van der Waals surface area contributed by atoms with Crippen molar-refractivity contribution in [3.63, 3.8) is 0 Å². The number of anilines is 1. The zero-order chi connectivity index (χ0) is 17.9. The summed E-state index contributed by atoms with van der Waals surface area (Å²) in [5.74, 6) is 0.276. The molecule has 1 unspecified atom stereocenters. The van der Waals surface area contributed by atoms with E-state index in [0.29, 0.717) is 19.6 Å². The Labute approximate surface area is 152 Å². The lowest BCUT2D eigenvalue weighted by molar-refractivity contribution is -0.118. The van der Waals surface area contributed by atoms with Gasteiger partial charge >= 0.3 is 6.03 Å². The molecule has 4 rings (SSSR count). The van der Waals surface area contributed by atoms with Gasteiger partial charge in [0.2, 0.25) is 5.91 Å². The molecule has 2 aromatic rings. The van der Waals surface area contributed by atoms with E-state index in [9.17, 15) is 9.59 Å². The molecular formula is C20H22N4O2. The standard InChI is InChI=1S/C20H22N4O2/c25-19-18(16-5-1-2-6-17(16)23-19)15-7-10-24(11-8-15)20(26)22-13-14-4-3-9-21-12-14/h1-6,9,12,15,18H,7-8,10-11,13H2,(H,22,26)(H,23,25). The van der Waals surface area contributed by atoms with E-state index >= 15 is 0 Å². The number of likely N-dealkylation sites (tertiary alicyclic amines) is 1. The van der Waals surface area contributed by atoms with Gasteiger partial charge in [0.15, 0.2) is 0 Å². The highest BCUT2D eigenvalue weighted by Crippen LogP contribution is 2.41. The van der Waals surface area contributed by atoms with Gasteiger partial charge in [0, 0.05) is 37.7 Å². The molecule has 1 aromatic heterocycles. The van der Waals surface area contributed by atoms with Crippen LogP contribution in [0, 0.1) is 5.92 Å². The van der Waals surface area contributed by atoms with Crippen molar-refractivity contribution in [3.8, 4) is 0 Å². The van der Waals surface area contributed by atoms with Gasteiger partial charge in [-0.15, -0.1) is 0 Å². The number of nitrogens with one attached hydrogen (secondary N) is 2. The Morgan fingerprint density at radius 1 is 1.19 bits per heavy atom. The predicted octanol–water partition coefficient (Wildman–Crippen LogP) is 2.74. The molecule has 3 heterocycles. The monoisotopic (exact) mass is 350 g/mol. The molecule has 0 radical (unpaired) electrons. The van der Waals surface area contributed by atoms with Crippen LogP contribution in [0.25, 0.3) is 0 Å². The molecule has 1 aromatic carbocycles. The summed E-state index contributed by atoms with van der Waals surface area (Å²) in [6.07, 6.45) is 5.15. The molecule has 1 atom stereocenters. The maximum Gasteiger partial charge on any atom is 0.317 e. The minimum absolute atomic E-state index is 0.0522. The summed E-state index contributed by atoms with van der Waals surface area (Å²) in [5, 5.41) is 5.92. The van der Waals surface area contributed by atoms with Crippen LogP contribution >= 0.6 is 0 Å². The van der Waals surface area contributed by atoms with Gasteiger partial charge in [0.1, 0.15) is 0 Å². The zero-order valence-electron chi connectivity index (χ0n) is 14.5. The Kier molecular flexibility index (Phi) is 4.56. The number of carbonyl (C=O) groups excluding carboxylic acids is 2. The summed E-state index contributed by atoms with van der Waals surface area (Å²) >= 11 is 0. The SMILES string of the molecule is O=C1Nc2ccccc2C1C1CCN(C(=O)NCc2cccnc2)CC1. The van der Waals surface area contributed by atoms with Crippen molar-refractivity contribution >= 4 is 17.6 Å². The number of piperidine rings is 1. The average Bonchev–Trinajstić information content (AvgIpc) is 3.03. The van der Waals surface area contributed by atoms with Crippen LogP contribution in [-0.2, 0) is 11.3 Å². The predicted molar refractivity (Wildman–Crippen MR) is 98.6 cm³/mol. The third-order valence-electron chi connectivity index (χ3n) is 5.30. The van der Waals surface area contributed by atoms with Crippen molar-refractivity contribution in [2.75, 3.05) is 18.4 Å². The first-order chi connectivity index (χ1) is 12.7. The molecule has 26 heavy (non-hydrogen) atoms. The number of hydrogen-bond acceptors (Lipinski definition) is 3. The fraction of sp³-hybridized carbons (Fsp3) is 0.350. The van der Waals surface area contributed by atoms with Crippen molar-refractivity contribution in [2.24, 2.45) is 5.92 Å². The highest BCUT2D eigenvalue weighted by atomic mass is 16.2. The molecule has 1 saturated heterocycles. The molecule has 6 heteroatoms. The van der Waals surface area contributed by atoms with Gasteiger partial charge in [-0.3, -0.25) is 9.78 Å². The molecular weight excluding hydrogens is 328 g/mol. The maximum absolute atomic E-state index is 12.4. The lowest BCUT2D eigenvalue weighted by Crippen LogP contribution is -2.45. The third kappa shape index (κ3) is 3.27. The van der Waals surface area contributed by atoms with Crippen LogP contribution < -0.4 is 10.6 Å². The fourth-order valence-electron chi connectivity index (χ4n) is 3.93. The van der Waals surface area contributed by atoms with Crippen molar-refractivity contribution in [2.45, 2.75) is 25.3 Å². The smallest absolute Gasteiger partial charge is 0.317 e. The summed E-state index contributed by atoms with van der Waals surface area (Å²) in [6, 6.07) is 11.7. The van der Waals surface area contributed by atoms with Crippen LogP contribution in [0.4, 0.5) is 10.5 Å². The average molecular weight is 350 g/mol. The number of nitrogens with zero attached hydrogens (tertiary/aromatic N) is 2. The Morgan fingerprint density at radius 3 is 2.77 bits per heavy atom. The van der Waals surface area contributed by atoms with Gasteiger partial charge in [-0.25, -0.2) is 4.79 Å². The van der Waals surface area contributed by atoms with Gasteiger partial charge in [-0.1, -0.05) is 24.3 Å². The topological polar surface area (TPSA) is 74.3 Å². The molecule has 0 bridgehead atoms. The van der Waals surface area contributed by atoms with E-state index in [0.717, 1.165) is 29.7 Å². The van der Waals surface area contributed by atoms with Crippen LogP contribution in [0.2, 0.25) is 0 Å². The number of urea groups is 1. The van der Waals surface area contributed by atoms with Crippen molar-refractivity contribution < 1.29 is 9.59 Å². The quantitative estimate of drug-likeness (QED) is 0.894. The van der Waals surface area contributed by atoms with Crippen LogP contribution in [0.3, 0.4) is 0 Å². The number of rotatable bonds is 3. The summed E-state index contributed by atoms with van der Waals surface area (Å²) in [5.41, 5.74) is 3.01. The number of aromatic nitrogens is 1. The lowest BCUT2D eigenvalue weighted by Gasteiger charge is -2.34. The normalized spacial score (nSPS) is 19.8. The maximum atomic E-state index is 12.4. The van der Waals surface area contributed by atoms with Gasteiger partial charge < -0.3 is 15.5 Å². The second-order valence-corrected chi connectivity index (χ2v) is 6.90. The van der Waals surface area contributed by atoms with Crippen LogP contribution in [0.15, 0.2) is 48.8 Å². The Morgan fingerprint density at radius 2 is 2.00 bits per heavy atom. The van der Waals surface area contributed by atoms with E-state index < -0.39 is 0 Å². The van der Waals surface area contributed by atoms with Gasteiger partial charge in [0.25, 0.3) is 0 Å². The zero-order valence-corrected chi connectivity index (χ0v) is 14.5. The first-order valence-corrected chi connectivity index (χ1v) is 9.04. The van der Waals surface area contributed by atoms with Crippen molar-refractivity contribution in [1.29, 1.82) is 0 Å². The summed E-state index contributed by atoms with van der Waals surface area (Å²) in [6.45, 7) is 1.83. The highest BCUT2D eigenvalue weighted by Gasteiger charge is 2.38. The molecule has 3 amide bonds. The first kappa shape index (κ1) is 16.6. The molecule has 2 aliphatic rings. The van der Waals surface area contributed by atoms with Gasteiger partial charge in [-0.2, -0.15) is 0 Å². The van der Waals surface area contributed by atoms with Gasteiger partial charge in [-0.05, 0) is 42.0 Å². The number of pyridine rings is 1. The second-order valence-electron chi connectivity index (χ2n) is 6.90. The fourth-order valence-corrected chi connectivity index (χ4v) is 3.93. The van der Waals surface area contributed by atoms with Gasteiger partial charge in [0.05, 0.1) is 5.92 Å². The Balaban J connectivity index is 1.33. The molecule has 0 aliphatic carbocycles. The van der Waals surface area contributed by atoms with Crippen molar-refractivity contribution in [1.82, 2.24) is 15.2 Å².